The van der Waals surface area contributed by atoms with Crippen LogP contribution < -0.4 is 0 Å². The zero-order valence-corrected chi connectivity index (χ0v) is 11.1. The number of fused-ring (bicyclic) bond motifs is 1. The molecule has 0 aliphatic carbocycles. The van der Waals surface area contributed by atoms with E-state index in [1.165, 1.54) is 6.07 Å². The van der Waals surface area contributed by atoms with E-state index >= 15 is 0 Å². The third-order valence-corrected chi connectivity index (χ3v) is 3.52. The summed E-state index contributed by atoms with van der Waals surface area (Å²) >= 11 is 6.03. The fourth-order valence-corrected chi connectivity index (χ4v) is 2.41. The molecule has 0 bridgehead atoms. The van der Waals surface area contributed by atoms with Gasteiger partial charge in [0.2, 0.25) is 0 Å². The molecule has 0 fully saturated rings. The van der Waals surface area contributed by atoms with E-state index in [0.29, 0.717) is 17.0 Å². The molecule has 0 unspecified atom stereocenters. The number of para-hydroxylation sites is 1. The predicted octanol–water partition coefficient (Wildman–Crippen LogP) is 4.25. The van der Waals surface area contributed by atoms with Gasteiger partial charge in [0, 0.05) is 17.0 Å². The first kappa shape index (κ1) is 12.2. The first-order valence-corrected chi connectivity index (χ1v) is 6.40. The molecular weight excluding hydrogens is 263 g/mol. The minimum absolute atomic E-state index is 0.301. The van der Waals surface area contributed by atoms with Crippen LogP contribution in [0.25, 0.3) is 11.0 Å². The first-order valence-electron chi connectivity index (χ1n) is 6.02. The smallest absolute Gasteiger partial charge is 0.128 e. The molecule has 0 amide bonds. The molecule has 2 aromatic carbocycles. The number of halogens is 2. The maximum absolute atomic E-state index is 13.7. The Hall–Kier alpha value is -1.87. The molecule has 1 N–H and O–H groups in total. The Morgan fingerprint density at radius 3 is 2.74 bits per heavy atom. The van der Waals surface area contributed by atoms with Crippen molar-refractivity contribution in [2.45, 2.75) is 13.3 Å². The van der Waals surface area contributed by atoms with Gasteiger partial charge >= 0.3 is 0 Å². The van der Waals surface area contributed by atoms with Gasteiger partial charge in [-0.3, -0.25) is 0 Å². The van der Waals surface area contributed by atoms with Gasteiger partial charge < -0.3 is 4.98 Å². The van der Waals surface area contributed by atoms with Crippen molar-refractivity contribution in [2.75, 3.05) is 0 Å². The van der Waals surface area contributed by atoms with Crippen LogP contribution >= 0.6 is 11.6 Å². The molecule has 0 aliphatic rings. The lowest BCUT2D eigenvalue weighted by molar-refractivity contribution is 0.612. The molecule has 3 rings (SSSR count). The third kappa shape index (κ3) is 2.22. The van der Waals surface area contributed by atoms with E-state index in [1.807, 2.05) is 25.1 Å². The van der Waals surface area contributed by atoms with Gasteiger partial charge in [0.1, 0.15) is 11.6 Å². The number of aryl methyl sites for hydroxylation is 1. The molecule has 0 spiro atoms. The quantitative estimate of drug-likeness (QED) is 0.743. The van der Waals surface area contributed by atoms with E-state index in [4.69, 9.17) is 11.6 Å². The standard InChI is InChI=1S/C15H12ClFN2/c1-9-4-2-7-13-15(9)19-14(18-13)8-10-11(16)5-3-6-12(10)17/h2-7H,8H2,1H3,(H,18,19). The summed E-state index contributed by atoms with van der Waals surface area (Å²) < 4.78 is 13.7. The average Bonchev–Trinajstić information content (AvgIpc) is 2.78. The first-order chi connectivity index (χ1) is 9.15. The molecule has 2 nitrogen and oxygen atoms in total. The van der Waals surface area contributed by atoms with Gasteiger partial charge in [-0.2, -0.15) is 0 Å². The molecule has 0 aliphatic heterocycles. The number of benzene rings is 2. The topological polar surface area (TPSA) is 28.7 Å². The number of hydrogen-bond acceptors (Lipinski definition) is 1. The number of rotatable bonds is 2. The second kappa shape index (κ2) is 4.67. The molecule has 0 saturated carbocycles. The Morgan fingerprint density at radius 1 is 1.21 bits per heavy atom. The number of H-pyrrole nitrogens is 1. The maximum atomic E-state index is 13.7. The van der Waals surface area contributed by atoms with Gasteiger partial charge in [0.25, 0.3) is 0 Å². The van der Waals surface area contributed by atoms with E-state index in [-0.39, 0.29) is 5.82 Å². The van der Waals surface area contributed by atoms with Gasteiger partial charge in [-0.25, -0.2) is 9.37 Å². The fourth-order valence-electron chi connectivity index (χ4n) is 2.18. The normalized spacial score (nSPS) is 11.1. The number of hydrogen-bond donors (Lipinski definition) is 1. The number of aromatic nitrogens is 2. The summed E-state index contributed by atoms with van der Waals surface area (Å²) in [6.07, 6.45) is 0.361. The molecule has 0 saturated heterocycles. The highest BCUT2D eigenvalue weighted by Gasteiger charge is 2.11. The van der Waals surface area contributed by atoms with Crippen LogP contribution in [0.3, 0.4) is 0 Å². The number of aromatic amines is 1. The SMILES string of the molecule is Cc1cccc2[nH]c(Cc3c(F)cccc3Cl)nc12. The minimum atomic E-state index is -0.301. The summed E-state index contributed by atoms with van der Waals surface area (Å²) in [5, 5.41) is 0.428. The van der Waals surface area contributed by atoms with Crippen LogP contribution in [0, 0.1) is 12.7 Å². The van der Waals surface area contributed by atoms with Gasteiger partial charge in [-0.05, 0) is 30.7 Å². The Kier molecular flexibility index (Phi) is 2.99. The van der Waals surface area contributed by atoms with Crippen LogP contribution in [0.5, 0.6) is 0 Å². The highest BCUT2D eigenvalue weighted by Crippen LogP contribution is 2.23. The van der Waals surface area contributed by atoms with E-state index in [0.717, 1.165) is 22.4 Å². The third-order valence-electron chi connectivity index (χ3n) is 3.17. The predicted molar refractivity (Wildman–Crippen MR) is 75.0 cm³/mol. The Morgan fingerprint density at radius 2 is 2.00 bits per heavy atom. The highest BCUT2D eigenvalue weighted by atomic mass is 35.5. The molecule has 19 heavy (non-hydrogen) atoms. The Balaban J connectivity index is 2.04. The highest BCUT2D eigenvalue weighted by molar-refractivity contribution is 6.31. The summed E-state index contributed by atoms with van der Waals surface area (Å²) in [4.78, 5) is 7.71. The van der Waals surface area contributed by atoms with Crippen molar-refractivity contribution < 1.29 is 4.39 Å². The van der Waals surface area contributed by atoms with Crippen molar-refractivity contribution in [1.82, 2.24) is 9.97 Å². The zero-order valence-electron chi connectivity index (χ0n) is 10.4. The lowest BCUT2D eigenvalue weighted by atomic mass is 10.1. The monoisotopic (exact) mass is 274 g/mol. The number of imidazole rings is 1. The van der Waals surface area contributed by atoms with E-state index in [2.05, 4.69) is 9.97 Å². The Labute approximate surface area is 115 Å². The molecule has 1 aromatic heterocycles. The van der Waals surface area contributed by atoms with Gasteiger partial charge in [0.15, 0.2) is 0 Å². The van der Waals surface area contributed by atoms with Crippen molar-refractivity contribution >= 4 is 22.6 Å². The van der Waals surface area contributed by atoms with Gasteiger partial charge in [-0.15, -0.1) is 0 Å². The van der Waals surface area contributed by atoms with Crippen molar-refractivity contribution in [2.24, 2.45) is 0 Å². The summed E-state index contributed by atoms with van der Waals surface area (Å²) in [5.74, 6) is 0.418. The van der Waals surface area contributed by atoms with Crippen LogP contribution in [0.15, 0.2) is 36.4 Å². The Bertz CT molecular complexity index is 729. The van der Waals surface area contributed by atoms with Crippen molar-refractivity contribution in [3.8, 4) is 0 Å². The molecule has 4 heteroatoms. The molecular formula is C15H12ClFN2. The van der Waals surface area contributed by atoms with Gasteiger partial charge in [-0.1, -0.05) is 29.8 Å². The largest absolute Gasteiger partial charge is 0.342 e. The number of nitrogens with zero attached hydrogens (tertiary/aromatic N) is 1. The van der Waals surface area contributed by atoms with Crippen molar-refractivity contribution in [3.63, 3.8) is 0 Å². The van der Waals surface area contributed by atoms with Crippen LogP contribution in [0.2, 0.25) is 5.02 Å². The second-order valence-corrected chi connectivity index (χ2v) is 4.94. The summed E-state index contributed by atoms with van der Waals surface area (Å²) in [7, 11) is 0. The van der Waals surface area contributed by atoms with Crippen molar-refractivity contribution in [1.29, 1.82) is 0 Å². The van der Waals surface area contributed by atoms with Crippen LogP contribution in [-0.2, 0) is 6.42 Å². The summed E-state index contributed by atoms with van der Waals surface area (Å²) in [6, 6.07) is 10.6. The van der Waals surface area contributed by atoms with Crippen molar-refractivity contribution in [3.05, 3.63) is 64.2 Å². The average molecular weight is 275 g/mol. The molecule has 0 radical (unpaired) electrons. The summed E-state index contributed by atoms with van der Waals surface area (Å²) in [5.41, 5.74) is 3.45. The molecule has 96 valence electrons. The maximum Gasteiger partial charge on any atom is 0.128 e. The fraction of sp³-hybridized carbons (Fsp3) is 0.133. The van der Waals surface area contributed by atoms with E-state index in [1.54, 1.807) is 12.1 Å². The van der Waals surface area contributed by atoms with Gasteiger partial charge in [0.05, 0.1) is 11.0 Å². The van der Waals surface area contributed by atoms with Crippen LogP contribution in [0.1, 0.15) is 17.0 Å². The van der Waals surface area contributed by atoms with E-state index in [9.17, 15) is 4.39 Å². The molecule has 1 heterocycles. The summed E-state index contributed by atoms with van der Waals surface area (Å²) in [6.45, 7) is 2.00. The molecule has 0 atom stereocenters. The minimum Gasteiger partial charge on any atom is -0.342 e. The molecule has 3 aromatic rings. The lowest BCUT2D eigenvalue weighted by Gasteiger charge is -2.03. The van der Waals surface area contributed by atoms with Crippen LogP contribution in [0.4, 0.5) is 4.39 Å². The number of nitrogens with one attached hydrogen (secondary N) is 1. The van der Waals surface area contributed by atoms with Crippen LogP contribution in [-0.4, -0.2) is 9.97 Å². The second-order valence-electron chi connectivity index (χ2n) is 4.53. The lowest BCUT2D eigenvalue weighted by Crippen LogP contribution is -1.95. The zero-order chi connectivity index (χ0) is 13.4. The van der Waals surface area contributed by atoms with E-state index < -0.39 is 0 Å².